The minimum Gasteiger partial charge on any atom is -0.467 e. The first kappa shape index (κ1) is 27.9. The Hall–Kier alpha value is -5.90. The maximum absolute atomic E-state index is 13.6. The van der Waals surface area contributed by atoms with E-state index in [1.54, 1.807) is 17.0 Å². The molecule has 3 amide bonds. The van der Waals surface area contributed by atoms with Crippen LogP contribution in [0.1, 0.15) is 16.7 Å². The molecule has 224 valence electrons. The van der Waals surface area contributed by atoms with E-state index < -0.39 is 29.7 Å². The summed E-state index contributed by atoms with van der Waals surface area (Å²) >= 11 is 0. The Labute approximate surface area is 257 Å². The number of nitrogens with zero attached hydrogens (tertiary/aromatic N) is 2. The third-order valence-electron chi connectivity index (χ3n) is 8.44. The van der Waals surface area contributed by atoms with Gasteiger partial charge in [0.15, 0.2) is 0 Å². The Balaban J connectivity index is 1.25. The maximum Gasteiger partial charge on any atom is 0.328 e. The number of aromatic nitrogens is 3. The normalized spacial score (nSPS) is 14.2. The van der Waals surface area contributed by atoms with Crippen molar-refractivity contribution in [2.75, 3.05) is 14.2 Å². The van der Waals surface area contributed by atoms with Crippen LogP contribution in [0, 0.1) is 0 Å². The number of carbonyl (C=O) groups excluding carboxylic acids is 4. The van der Waals surface area contributed by atoms with E-state index >= 15 is 0 Å². The van der Waals surface area contributed by atoms with Crippen LogP contribution in [0.3, 0.4) is 0 Å². The Kier molecular flexibility index (Phi) is 6.81. The van der Waals surface area contributed by atoms with Gasteiger partial charge in [-0.15, -0.1) is 0 Å². The van der Waals surface area contributed by atoms with Crippen molar-refractivity contribution in [1.29, 1.82) is 0 Å². The van der Waals surface area contributed by atoms with Crippen molar-refractivity contribution in [1.82, 2.24) is 24.8 Å². The Morgan fingerprint density at radius 3 is 2.13 bits per heavy atom. The second-order valence-corrected chi connectivity index (χ2v) is 11.1. The first-order valence-electron chi connectivity index (χ1n) is 14.5. The molecule has 0 saturated carbocycles. The average Bonchev–Trinajstić information content (AvgIpc) is 3.81. The molecule has 1 atom stereocenters. The molecule has 7 rings (SSSR count). The number of likely N-dealkylation sites (N-methyl/N-ethyl adjacent to an activating group) is 1. The van der Waals surface area contributed by atoms with Crippen LogP contribution in [0.4, 0.5) is 0 Å². The highest BCUT2D eigenvalue weighted by molar-refractivity contribution is 6.50. The number of methoxy groups -OCH3 is 1. The number of ether oxygens (including phenoxy) is 1. The number of rotatable bonds is 8. The number of nitrogens with one attached hydrogen (secondary N) is 3. The first-order chi connectivity index (χ1) is 21.9. The van der Waals surface area contributed by atoms with Crippen LogP contribution in [0.2, 0.25) is 0 Å². The van der Waals surface area contributed by atoms with E-state index in [4.69, 9.17) is 4.74 Å². The van der Waals surface area contributed by atoms with Crippen molar-refractivity contribution in [3.05, 3.63) is 108 Å². The van der Waals surface area contributed by atoms with E-state index in [9.17, 15) is 19.2 Å². The minimum absolute atomic E-state index is 0.129. The fraction of sp³-hybridized carbons (Fsp3) is 0.143. The average molecular weight is 600 g/mol. The van der Waals surface area contributed by atoms with Crippen molar-refractivity contribution < 1.29 is 23.9 Å². The van der Waals surface area contributed by atoms with Crippen LogP contribution in [0.15, 0.2) is 91.4 Å². The number of hydrogen-bond acceptors (Lipinski definition) is 5. The lowest BCUT2D eigenvalue weighted by Crippen LogP contribution is -2.44. The van der Waals surface area contributed by atoms with Gasteiger partial charge in [-0.3, -0.25) is 19.3 Å². The van der Waals surface area contributed by atoms with E-state index in [2.05, 4.69) is 15.3 Å². The number of imide groups is 1. The van der Waals surface area contributed by atoms with E-state index in [0.717, 1.165) is 37.7 Å². The molecule has 0 saturated heterocycles. The SMILES string of the molecule is COC(=O)[C@@H](Cc1c[nH]c2ccccc12)NC(=O)Cn1cc(C2=C(c3c[nH]c4ccccc34)C(=O)N(C)C2=O)c2ccccc21. The number of carbonyl (C=O) groups is 4. The minimum atomic E-state index is -0.915. The topological polar surface area (TPSA) is 129 Å². The van der Waals surface area contributed by atoms with Crippen LogP contribution in [0.25, 0.3) is 43.9 Å². The van der Waals surface area contributed by atoms with Gasteiger partial charge >= 0.3 is 5.97 Å². The predicted molar refractivity (Wildman–Crippen MR) is 171 cm³/mol. The number of benzene rings is 3. The molecule has 45 heavy (non-hydrogen) atoms. The fourth-order valence-electron chi connectivity index (χ4n) is 6.25. The molecular formula is C35H29N5O5. The molecular weight excluding hydrogens is 570 g/mol. The molecule has 3 aromatic carbocycles. The number of para-hydroxylation sites is 3. The highest BCUT2D eigenvalue weighted by Gasteiger charge is 2.39. The van der Waals surface area contributed by atoms with Crippen LogP contribution in [-0.2, 0) is 36.9 Å². The highest BCUT2D eigenvalue weighted by atomic mass is 16.5. The zero-order chi connectivity index (χ0) is 31.2. The van der Waals surface area contributed by atoms with Crippen molar-refractivity contribution in [3.8, 4) is 0 Å². The summed E-state index contributed by atoms with van der Waals surface area (Å²) in [6.45, 7) is -0.129. The summed E-state index contributed by atoms with van der Waals surface area (Å²) < 4.78 is 6.75. The molecule has 0 unspecified atom stereocenters. The van der Waals surface area contributed by atoms with Gasteiger partial charge in [-0.2, -0.15) is 0 Å². The van der Waals surface area contributed by atoms with Crippen molar-refractivity contribution in [2.45, 2.75) is 19.0 Å². The van der Waals surface area contributed by atoms with Gasteiger partial charge in [-0.25, -0.2) is 4.79 Å². The lowest BCUT2D eigenvalue weighted by atomic mass is 9.95. The molecule has 10 heteroatoms. The standard InChI is InChI=1S/C35H29N5O5/c1-39-33(42)31(24-17-37-27-13-7-4-10-22(24)27)32(34(39)43)25-18-40(29-14-8-5-11-23(25)29)19-30(41)38-28(35(44)45-2)15-20-16-36-26-12-6-3-9-21(20)26/h3-14,16-18,28,36-37H,15,19H2,1-2H3,(H,38,41)/t28-/m1/s1. The van der Waals surface area contributed by atoms with Crippen LogP contribution < -0.4 is 5.32 Å². The molecule has 0 spiro atoms. The van der Waals surface area contributed by atoms with Crippen molar-refractivity contribution >= 4 is 67.5 Å². The molecule has 0 aliphatic carbocycles. The van der Waals surface area contributed by atoms with Gasteiger partial charge < -0.3 is 24.6 Å². The number of fused-ring (bicyclic) bond motifs is 3. The predicted octanol–water partition coefficient (Wildman–Crippen LogP) is 4.41. The van der Waals surface area contributed by atoms with Gasteiger partial charge in [0.2, 0.25) is 5.91 Å². The van der Waals surface area contributed by atoms with E-state index in [0.29, 0.717) is 22.2 Å². The van der Waals surface area contributed by atoms with E-state index in [1.165, 1.54) is 14.2 Å². The molecule has 1 aliphatic heterocycles. The van der Waals surface area contributed by atoms with Gasteiger partial charge in [0.1, 0.15) is 12.6 Å². The summed E-state index contributed by atoms with van der Waals surface area (Å²) in [6.07, 6.45) is 5.54. The molecule has 0 radical (unpaired) electrons. The molecule has 6 aromatic rings. The summed E-state index contributed by atoms with van der Waals surface area (Å²) in [7, 11) is 2.76. The number of H-pyrrole nitrogens is 2. The van der Waals surface area contributed by atoms with Gasteiger partial charge in [-0.05, 0) is 23.8 Å². The number of hydrogen-bond donors (Lipinski definition) is 3. The second-order valence-electron chi connectivity index (χ2n) is 11.1. The Bertz CT molecular complexity index is 2200. The van der Waals surface area contributed by atoms with Crippen LogP contribution in [-0.4, -0.2) is 63.3 Å². The van der Waals surface area contributed by atoms with Crippen molar-refractivity contribution in [3.63, 3.8) is 0 Å². The lowest BCUT2D eigenvalue weighted by molar-refractivity contribution is -0.145. The van der Waals surface area contributed by atoms with Gasteiger partial charge in [-0.1, -0.05) is 54.6 Å². The fourth-order valence-corrected chi connectivity index (χ4v) is 6.25. The van der Waals surface area contributed by atoms with Gasteiger partial charge in [0.25, 0.3) is 11.8 Å². The molecule has 0 fully saturated rings. The largest absolute Gasteiger partial charge is 0.467 e. The molecule has 1 aliphatic rings. The third-order valence-corrected chi connectivity index (χ3v) is 8.44. The molecule has 10 nitrogen and oxygen atoms in total. The smallest absolute Gasteiger partial charge is 0.328 e. The Morgan fingerprint density at radius 1 is 0.800 bits per heavy atom. The van der Waals surface area contributed by atoms with Crippen LogP contribution >= 0.6 is 0 Å². The van der Waals surface area contributed by atoms with E-state index in [-0.39, 0.29) is 18.5 Å². The lowest BCUT2D eigenvalue weighted by Gasteiger charge is -2.17. The first-order valence-corrected chi connectivity index (χ1v) is 14.5. The van der Waals surface area contributed by atoms with Gasteiger partial charge in [0.05, 0.1) is 18.3 Å². The summed E-state index contributed by atoms with van der Waals surface area (Å²) in [5.74, 6) is -1.78. The second kappa shape index (κ2) is 11.0. The monoisotopic (exact) mass is 599 g/mol. The molecule has 0 bridgehead atoms. The summed E-state index contributed by atoms with van der Waals surface area (Å²) in [4.78, 5) is 60.9. The summed E-state index contributed by atoms with van der Waals surface area (Å²) in [6, 6.07) is 21.8. The van der Waals surface area contributed by atoms with E-state index in [1.807, 2.05) is 79.0 Å². The summed E-state index contributed by atoms with van der Waals surface area (Å²) in [5.41, 5.74) is 5.11. The molecule has 4 heterocycles. The number of esters is 1. The third kappa shape index (κ3) is 4.67. The molecule has 3 aromatic heterocycles. The van der Waals surface area contributed by atoms with Crippen molar-refractivity contribution in [2.24, 2.45) is 0 Å². The molecule has 3 N–H and O–H groups in total. The quantitative estimate of drug-likeness (QED) is 0.176. The maximum atomic E-state index is 13.6. The highest BCUT2D eigenvalue weighted by Crippen LogP contribution is 2.40. The van der Waals surface area contributed by atoms with Gasteiger partial charge in [0, 0.05) is 75.9 Å². The number of amides is 3. The number of aromatic amines is 2. The van der Waals surface area contributed by atoms with Crippen LogP contribution in [0.5, 0.6) is 0 Å². The summed E-state index contributed by atoms with van der Waals surface area (Å²) in [5, 5.41) is 5.35. The zero-order valence-corrected chi connectivity index (χ0v) is 24.6. The Morgan fingerprint density at radius 2 is 1.40 bits per heavy atom. The zero-order valence-electron chi connectivity index (χ0n) is 24.6.